The molecule has 0 aliphatic carbocycles. The largest absolute Gasteiger partial charge is 0.464 e. The van der Waals surface area contributed by atoms with Crippen LogP contribution in [0, 0.1) is 10.1 Å². The van der Waals surface area contributed by atoms with Crippen molar-refractivity contribution in [2.75, 3.05) is 25.1 Å². The van der Waals surface area contributed by atoms with Crippen molar-refractivity contribution in [3.8, 4) is 0 Å². The Morgan fingerprint density at radius 1 is 1.30 bits per heavy atom. The number of anilines is 1. The van der Waals surface area contributed by atoms with E-state index in [9.17, 15) is 34.3 Å². The zero-order valence-corrected chi connectivity index (χ0v) is 12.8. The second-order valence-electron chi connectivity index (χ2n) is 4.64. The van der Waals surface area contributed by atoms with Crippen molar-refractivity contribution >= 4 is 27.6 Å². The van der Waals surface area contributed by atoms with Gasteiger partial charge in [-0.1, -0.05) is 19.4 Å². The number of nitro groups is 1. The zero-order valence-electron chi connectivity index (χ0n) is 12.0. The third-order valence-corrected chi connectivity index (χ3v) is 3.88. The van der Waals surface area contributed by atoms with Gasteiger partial charge in [-0.25, -0.2) is 0 Å². The topological polar surface area (TPSA) is 72.7 Å². The predicted octanol–water partition coefficient (Wildman–Crippen LogP) is 4.25. The summed E-state index contributed by atoms with van der Waals surface area (Å²) in [7, 11) is -8.73. The molecule has 0 bridgehead atoms. The lowest BCUT2D eigenvalue weighted by molar-refractivity contribution is -0.384. The van der Waals surface area contributed by atoms with E-state index in [0.29, 0.717) is 6.07 Å². The summed E-state index contributed by atoms with van der Waals surface area (Å²) in [6.45, 7) is 0.883. The van der Waals surface area contributed by atoms with Crippen LogP contribution in [0.15, 0.2) is 23.1 Å². The first-order chi connectivity index (χ1) is 10.1. The fourth-order valence-corrected chi connectivity index (χ4v) is 2.32. The van der Waals surface area contributed by atoms with Gasteiger partial charge in [0.05, 0.1) is 11.5 Å². The maximum Gasteiger partial charge on any atom is 0.310 e. The number of rotatable bonds is 6. The molecule has 0 saturated heterocycles. The monoisotopic (exact) mass is 364 g/mol. The summed E-state index contributed by atoms with van der Waals surface area (Å²) < 4.78 is 68.2. The summed E-state index contributed by atoms with van der Waals surface area (Å²) in [4.78, 5) is 19.1. The summed E-state index contributed by atoms with van der Waals surface area (Å²) in [5, 5.41) is 10.9. The molecule has 1 aromatic rings. The number of esters is 1. The van der Waals surface area contributed by atoms with E-state index in [0.717, 1.165) is 11.8 Å². The van der Waals surface area contributed by atoms with E-state index >= 15 is 0 Å². The predicted molar refractivity (Wildman–Crippen MR) is 74.4 cm³/mol. The molecule has 0 aromatic heterocycles. The molecule has 12 heteroatoms. The zero-order chi connectivity index (χ0) is 18.1. The number of benzene rings is 1. The molecule has 0 aliphatic rings. The molecule has 1 aromatic carbocycles. The Morgan fingerprint density at radius 2 is 1.87 bits per heavy atom. The molecular weight excluding hydrogens is 351 g/mol. The van der Waals surface area contributed by atoms with Crippen LogP contribution >= 0.6 is 10.2 Å². The van der Waals surface area contributed by atoms with Gasteiger partial charge in [0.15, 0.2) is 0 Å². The molecule has 0 radical (unpaired) electrons. The Kier molecular flexibility index (Phi) is 4.29. The van der Waals surface area contributed by atoms with Crippen LogP contribution in [0.3, 0.4) is 0 Å². The third-order valence-electron chi connectivity index (χ3n) is 2.73. The fraction of sp³-hybridized carbons (Fsp3) is 0.364. The first-order valence-corrected chi connectivity index (χ1v) is 7.94. The number of likely N-dealkylation sites (N-methyl/N-ethyl adjacent to an activating group) is 1. The van der Waals surface area contributed by atoms with Crippen LogP contribution in [0.4, 0.5) is 30.8 Å². The minimum Gasteiger partial charge on any atom is -0.464 e. The van der Waals surface area contributed by atoms with E-state index in [1.165, 1.54) is 7.05 Å². The summed E-state index contributed by atoms with van der Waals surface area (Å²) in [6.07, 6.45) is 0. The highest BCUT2D eigenvalue weighted by Crippen LogP contribution is 3.02. The van der Waals surface area contributed by atoms with E-state index in [2.05, 4.69) is 4.74 Å². The molecule has 0 aliphatic heterocycles. The van der Waals surface area contributed by atoms with Crippen molar-refractivity contribution in [1.82, 2.24) is 0 Å². The molecule has 132 valence electrons. The standard InChI is InChI=1S/C11H13F5N2O4S/c1-8(19)22-6-5-17(2)10-4-3-9(7-11(10)18(20)21)23(12,13,14,15)16/h3-4,7H,5-6H2,1-2H3. The van der Waals surface area contributed by atoms with E-state index < -0.39 is 31.7 Å². The minimum absolute atomic E-state index is 0.0732. The van der Waals surface area contributed by atoms with Crippen LogP contribution in [0.25, 0.3) is 0 Å². The summed E-state index contributed by atoms with van der Waals surface area (Å²) in [6, 6.07) is 0.477. The van der Waals surface area contributed by atoms with Gasteiger partial charge in [0.2, 0.25) is 0 Å². The number of carbonyl (C=O) groups excluding carboxylic acids is 1. The molecule has 0 N–H and O–H groups in total. The maximum atomic E-state index is 12.7. The lowest BCUT2D eigenvalue weighted by Gasteiger charge is -2.40. The fourth-order valence-electron chi connectivity index (χ4n) is 1.66. The van der Waals surface area contributed by atoms with Crippen LogP contribution in [0.1, 0.15) is 6.92 Å². The second kappa shape index (κ2) is 5.22. The number of halogens is 5. The number of nitrogens with zero attached hydrogens (tertiary/aromatic N) is 2. The molecule has 0 fully saturated rings. The van der Waals surface area contributed by atoms with Gasteiger partial charge in [0.25, 0.3) is 5.69 Å². The van der Waals surface area contributed by atoms with Crippen LogP contribution in [0.5, 0.6) is 0 Å². The average Bonchev–Trinajstić information content (AvgIpc) is 2.34. The molecule has 0 spiro atoms. The normalized spacial score (nSPS) is 14.6. The van der Waals surface area contributed by atoms with E-state index in [1.54, 1.807) is 0 Å². The average molecular weight is 364 g/mol. The summed E-state index contributed by atoms with van der Waals surface area (Å²) in [5.74, 6) is -0.607. The van der Waals surface area contributed by atoms with Crippen molar-refractivity contribution < 1.29 is 33.9 Å². The molecule has 0 amide bonds. The Balaban J connectivity index is 3.21. The minimum atomic E-state index is -10.0. The van der Waals surface area contributed by atoms with Gasteiger partial charge in [-0.3, -0.25) is 14.9 Å². The van der Waals surface area contributed by atoms with Gasteiger partial charge in [-0.2, -0.15) is 0 Å². The molecule has 0 unspecified atom stereocenters. The van der Waals surface area contributed by atoms with E-state index in [1.807, 2.05) is 0 Å². The van der Waals surface area contributed by atoms with Gasteiger partial charge in [-0.15, -0.1) is 0 Å². The molecule has 23 heavy (non-hydrogen) atoms. The number of hydrogen-bond acceptors (Lipinski definition) is 5. The Hall–Kier alpha value is -2.11. The Labute approximate surface area is 127 Å². The van der Waals surface area contributed by atoms with Crippen LogP contribution in [0.2, 0.25) is 0 Å². The molecular formula is C11H13F5N2O4S. The lowest BCUT2D eigenvalue weighted by atomic mass is 10.2. The first-order valence-electron chi connectivity index (χ1n) is 5.99. The summed E-state index contributed by atoms with van der Waals surface area (Å²) in [5.41, 5.74) is -1.44. The third kappa shape index (κ3) is 5.23. The number of hydrogen-bond donors (Lipinski definition) is 0. The number of ether oxygens (including phenoxy) is 1. The van der Waals surface area contributed by atoms with Gasteiger partial charge < -0.3 is 9.64 Å². The smallest absolute Gasteiger partial charge is 0.310 e. The van der Waals surface area contributed by atoms with Crippen molar-refractivity contribution in [1.29, 1.82) is 0 Å². The molecule has 0 saturated carbocycles. The molecule has 0 heterocycles. The highest BCUT2D eigenvalue weighted by Gasteiger charge is 2.65. The molecule has 1 rings (SSSR count). The van der Waals surface area contributed by atoms with Crippen LogP contribution < -0.4 is 4.90 Å². The first kappa shape index (κ1) is 18.9. The summed E-state index contributed by atoms with van der Waals surface area (Å²) >= 11 is 0. The van der Waals surface area contributed by atoms with Gasteiger partial charge >= 0.3 is 16.2 Å². The number of carbonyl (C=O) groups is 1. The lowest BCUT2D eigenvalue weighted by Crippen LogP contribution is -2.24. The van der Waals surface area contributed by atoms with Gasteiger partial charge in [-0.05, 0) is 12.1 Å². The van der Waals surface area contributed by atoms with Crippen molar-refractivity contribution in [3.63, 3.8) is 0 Å². The van der Waals surface area contributed by atoms with Crippen LogP contribution in [-0.2, 0) is 9.53 Å². The molecule has 0 atom stereocenters. The highest BCUT2D eigenvalue weighted by molar-refractivity contribution is 8.45. The number of nitro benzene ring substituents is 1. The van der Waals surface area contributed by atoms with E-state index in [-0.39, 0.29) is 31.0 Å². The van der Waals surface area contributed by atoms with Crippen molar-refractivity contribution in [3.05, 3.63) is 28.3 Å². The van der Waals surface area contributed by atoms with Crippen LogP contribution in [-0.4, -0.2) is 31.1 Å². The van der Waals surface area contributed by atoms with E-state index in [4.69, 9.17) is 0 Å². The quantitative estimate of drug-likeness (QED) is 0.327. The Bertz CT molecular complexity index is 650. The van der Waals surface area contributed by atoms with Crippen molar-refractivity contribution in [2.24, 2.45) is 0 Å². The van der Waals surface area contributed by atoms with Gasteiger partial charge in [0, 0.05) is 20.0 Å². The maximum absolute atomic E-state index is 12.7. The highest BCUT2D eigenvalue weighted by atomic mass is 32.5. The molecule has 6 nitrogen and oxygen atoms in total. The van der Waals surface area contributed by atoms with Crippen molar-refractivity contribution in [2.45, 2.75) is 11.8 Å². The van der Waals surface area contributed by atoms with Gasteiger partial charge in [0.1, 0.15) is 17.2 Å². The second-order valence-corrected chi connectivity index (χ2v) is 7.05. The SMILES string of the molecule is CC(=O)OCCN(C)c1ccc(S(F)(F)(F)(F)F)cc1[N+](=O)[O-]. The Morgan fingerprint density at radius 3 is 2.30 bits per heavy atom.